The van der Waals surface area contributed by atoms with Gasteiger partial charge in [0, 0.05) is 17.3 Å². The van der Waals surface area contributed by atoms with Crippen molar-refractivity contribution in [1.82, 2.24) is 4.98 Å². The molecule has 1 aromatic rings. The number of hydrogen-bond donors (Lipinski definition) is 1. The van der Waals surface area contributed by atoms with E-state index < -0.39 is 0 Å². The molecule has 0 saturated heterocycles. The fourth-order valence-electron chi connectivity index (χ4n) is 1.28. The highest BCUT2D eigenvalue weighted by molar-refractivity contribution is 7.99. The molecule has 3 heteroatoms. The Hall–Kier alpha value is -0.540. The molecule has 0 amide bonds. The molecule has 0 aliphatic rings. The van der Waals surface area contributed by atoms with Crippen LogP contribution in [0.25, 0.3) is 0 Å². The van der Waals surface area contributed by atoms with Crippen molar-refractivity contribution >= 4 is 11.8 Å². The smallest absolute Gasteiger partial charge is 0.0278 e. The van der Waals surface area contributed by atoms with Gasteiger partial charge in [-0.15, -0.1) is 11.8 Å². The molecule has 0 unspecified atom stereocenters. The first-order valence-corrected chi connectivity index (χ1v) is 6.35. The molecule has 0 aliphatic heterocycles. The van der Waals surface area contributed by atoms with E-state index in [1.54, 1.807) is 0 Å². The van der Waals surface area contributed by atoms with Crippen LogP contribution in [0.4, 0.5) is 0 Å². The highest BCUT2D eigenvalue weighted by Crippen LogP contribution is 2.24. The lowest BCUT2D eigenvalue weighted by Crippen LogP contribution is -2.23. The van der Waals surface area contributed by atoms with Gasteiger partial charge in [-0.1, -0.05) is 13.8 Å². The summed E-state index contributed by atoms with van der Waals surface area (Å²) in [6.07, 6.45) is 6.09. The van der Waals surface area contributed by atoms with Gasteiger partial charge in [0.1, 0.15) is 0 Å². The van der Waals surface area contributed by atoms with Crippen molar-refractivity contribution in [3.05, 3.63) is 24.5 Å². The molecular formula is C12H20N2S. The normalized spacial score (nSPS) is 11.7. The van der Waals surface area contributed by atoms with Crippen molar-refractivity contribution in [2.75, 3.05) is 12.3 Å². The number of hydrogen-bond acceptors (Lipinski definition) is 3. The summed E-state index contributed by atoms with van der Waals surface area (Å²) in [6, 6.07) is 4.11. The van der Waals surface area contributed by atoms with E-state index in [4.69, 9.17) is 5.73 Å². The Morgan fingerprint density at radius 2 is 2.00 bits per heavy atom. The molecule has 15 heavy (non-hydrogen) atoms. The maximum Gasteiger partial charge on any atom is 0.0278 e. The summed E-state index contributed by atoms with van der Waals surface area (Å²) in [6.45, 7) is 5.22. The van der Waals surface area contributed by atoms with E-state index in [0.29, 0.717) is 5.41 Å². The molecule has 1 aromatic heterocycles. The number of aromatic nitrogens is 1. The van der Waals surface area contributed by atoms with Crippen LogP contribution in [-0.4, -0.2) is 17.3 Å². The van der Waals surface area contributed by atoms with E-state index in [-0.39, 0.29) is 0 Å². The van der Waals surface area contributed by atoms with E-state index in [9.17, 15) is 0 Å². The second-order valence-corrected chi connectivity index (χ2v) is 5.67. The molecule has 0 radical (unpaired) electrons. The Morgan fingerprint density at radius 3 is 2.60 bits per heavy atom. The van der Waals surface area contributed by atoms with E-state index >= 15 is 0 Å². The van der Waals surface area contributed by atoms with Gasteiger partial charge in [0.2, 0.25) is 0 Å². The van der Waals surface area contributed by atoms with E-state index in [2.05, 4.69) is 31.0 Å². The van der Waals surface area contributed by atoms with Crippen molar-refractivity contribution < 1.29 is 0 Å². The van der Waals surface area contributed by atoms with Gasteiger partial charge >= 0.3 is 0 Å². The maximum atomic E-state index is 5.68. The lowest BCUT2D eigenvalue weighted by Gasteiger charge is -2.21. The van der Waals surface area contributed by atoms with E-state index in [1.165, 1.54) is 17.7 Å². The molecule has 1 heterocycles. The van der Waals surface area contributed by atoms with Gasteiger partial charge < -0.3 is 5.73 Å². The molecule has 0 aromatic carbocycles. The molecule has 1 rings (SSSR count). The minimum atomic E-state index is 0.290. The van der Waals surface area contributed by atoms with Gasteiger partial charge in [-0.2, -0.15) is 0 Å². The van der Waals surface area contributed by atoms with Gasteiger partial charge in [0.15, 0.2) is 0 Å². The number of pyridine rings is 1. The van der Waals surface area contributed by atoms with Crippen molar-refractivity contribution in [3.8, 4) is 0 Å². The Kier molecular flexibility index (Phi) is 5.12. The van der Waals surface area contributed by atoms with Crippen LogP contribution in [-0.2, 0) is 0 Å². The zero-order valence-electron chi connectivity index (χ0n) is 9.57. The number of rotatable bonds is 6. The zero-order valence-corrected chi connectivity index (χ0v) is 10.4. The summed E-state index contributed by atoms with van der Waals surface area (Å²) in [5.74, 6) is 1.16. The van der Waals surface area contributed by atoms with Crippen molar-refractivity contribution in [1.29, 1.82) is 0 Å². The zero-order chi connectivity index (χ0) is 11.1. The summed E-state index contributed by atoms with van der Waals surface area (Å²) in [4.78, 5) is 5.30. The quantitative estimate of drug-likeness (QED) is 0.596. The Morgan fingerprint density at radius 1 is 1.33 bits per heavy atom. The van der Waals surface area contributed by atoms with Crippen LogP contribution in [0, 0.1) is 5.41 Å². The highest BCUT2D eigenvalue weighted by Gasteiger charge is 2.14. The first-order valence-electron chi connectivity index (χ1n) is 5.37. The van der Waals surface area contributed by atoms with Crippen LogP contribution >= 0.6 is 11.8 Å². The highest BCUT2D eigenvalue weighted by atomic mass is 32.2. The Labute approximate surface area is 96.7 Å². The predicted octanol–water partition coefficient (Wildman–Crippen LogP) is 2.94. The van der Waals surface area contributed by atoms with Crippen LogP contribution in [0.15, 0.2) is 29.4 Å². The molecular weight excluding hydrogens is 204 g/mol. The molecule has 0 atom stereocenters. The van der Waals surface area contributed by atoms with Crippen molar-refractivity contribution in [3.63, 3.8) is 0 Å². The molecule has 0 saturated carbocycles. The first-order chi connectivity index (χ1) is 7.14. The minimum Gasteiger partial charge on any atom is -0.330 e. The topological polar surface area (TPSA) is 38.9 Å². The average molecular weight is 224 g/mol. The second kappa shape index (κ2) is 6.13. The summed E-state index contributed by atoms with van der Waals surface area (Å²) in [7, 11) is 0. The van der Waals surface area contributed by atoms with Gasteiger partial charge in [-0.05, 0) is 42.7 Å². The number of thioether (sulfide) groups is 1. The van der Waals surface area contributed by atoms with Crippen molar-refractivity contribution in [2.24, 2.45) is 11.1 Å². The number of nitrogens with zero attached hydrogens (tertiary/aromatic N) is 1. The van der Waals surface area contributed by atoms with Crippen LogP contribution in [0.5, 0.6) is 0 Å². The standard InChI is InChI=1S/C12H20N2S/c1-12(2,10-13)6-3-9-15-11-4-7-14-8-5-11/h4-5,7-8H,3,6,9-10,13H2,1-2H3. The molecule has 0 fully saturated rings. The molecule has 0 bridgehead atoms. The fraction of sp³-hybridized carbons (Fsp3) is 0.583. The summed E-state index contributed by atoms with van der Waals surface area (Å²) >= 11 is 1.89. The fourth-order valence-corrected chi connectivity index (χ4v) is 2.12. The average Bonchev–Trinajstić information content (AvgIpc) is 2.26. The van der Waals surface area contributed by atoms with Crippen LogP contribution in [0.3, 0.4) is 0 Å². The van der Waals surface area contributed by atoms with Crippen LogP contribution in [0.1, 0.15) is 26.7 Å². The predicted molar refractivity (Wildman–Crippen MR) is 67.0 cm³/mol. The van der Waals surface area contributed by atoms with Crippen molar-refractivity contribution in [2.45, 2.75) is 31.6 Å². The van der Waals surface area contributed by atoms with Gasteiger partial charge in [0.25, 0.3) is 0 Å². The van der Waals surface area contributed by atoms with E-state index in [0.717, 1.165) is 12.3 Å². The largest absolute Gasteiger partial charge is 0.330 e. The minimum absolute atomic E-state index is 0.290. The van der Waals surface area contributed by atoms with E-state index in [1.807, 2.05) is 24.2 Å². The van der Waals surface area contributed by atoms with Gasteiger partial charge in [-0.3, -0.25) is 4.98 Å². The summed E-state index contributed by atoms with van der Waals surface area (Å²) in [5, 5.41) is 0. The first kappa shape index (κ1) is 12.5. The number of nitrogens with two attached hydrogens (primary N) is 1. The third-order valence-corrected chi connectivity index (χ3v) is 3.57. The van der Waals surface area contributed by atoms with Crippen LogP contribution < -0.4 is 5.73 Å². The molecule has 0 aliphatic carbocycles. The lowest BCUT2D eigenvalue weighted by atomic mass is 9.88. The molecule has 2 N–H and O–H groups in total. The monoisotopic (exact) mass is 224 g/mol. The summed E-state index contributed by atoms with van der Waals surface area (Å²) < 4.78 is 0. The lowest BCUT2D eigenvalue weighted by molar-refractivity contribution is 0.345. The second-order valence-electron chi connectivity index (χ2n) is 4.50. The SMILES string of the molecule is CC(C)(CN)CCCSc1ccncc1. The van der Waals surface area contributed by atoms with Crippen LogP contribution in [0.2, 0.25) is 0 Å². The maximum absolute atomic E-state index is 5.68. The Balaban J connectivity index is 2.18. The third-order valence-electron chi connectivity index (χ3n) is 2.47. The molecule has 2 nitrogen and oxygen atoms in total. The molecule has 84 valence electrons. The Bertz CT molecular complexity index is 272. The third kappa shape index (κ3) is 5.19. The summed E-state index contributed by atoms with van der Waals surface area (Å²) in [5.41, 5.74) is 5.98. The van der Waals surface area contributed by atoms with Gasteiger partial charge in [-0.25, -0.2) is 0 Å². The van der Waals surface area contributed by atoms with Gasteiger partial charge in [0.05, 0.1) is 0 Å². The molecule has 0 spiro atoms.